The number of pyridine rings is 2. The molecule has 1 aliphatic heterocycles. The number of benzene rings is 2. The number of aromatic nitrogens is 2. The number of nitrogens with one attached hydrogen (secondary N) is 1. The molecule has 0 saturated carbocycles. The van der Waals surface area contributed by atoms with Crippen LogP contribution >= 0.6 is 0 Å². The summed E-state index contributed by atoms with van der Waals surface area (Å²) in [6, 6.07) is 21.7. The molecule has 0 radical (unpaired) electrons. The molecular weight excluding hydrogens is 434 g/mol. The first-order valence-corrected chi connectivity index (χ1v) is 12.2. The number of hydrogen-bond donors (Lipinski definition) is 1. The van der Waals surface area contributed by atoms with E-state index in [-0.39, 0.29) is 5.91 Å². The van der Waals surface area contributed by atoms with Gasteiger partial charge in [-0.2, -0.15) is 5.10 Å². The first kappa shape index (κ1) is 22.7. The number of rotatable bonds is 5. The van der Waals surface area contributed by atoms with Crippen LogP contribution in [0.2, 0.25) is 0 Å². The van der Waals surface area contributed by atoms with E-state index in [9.17, 15) is 4.79 Å². The van der Waals surface area contributed by atoms with Crippen LogP contribution in [0.1, 0.15) is 48.5 Å². The molecule has 3 heterocycles. The molecule has 35 heavy (non-hydrogen) atoms. The number of fused-ring (bicyclic) bond motifs is 1. The van der Waals surface area contributed by atoms with Crippen molar-refractivity contribution in [2.75, 3.05) is 18.0 Å². The van der Waals surface area contributed by atoms with Gasteiger partial charge in [0.15, 0.2) is 0 Å². The van der Waals surface area contributed by atoms with E-state index in [1.807, 2.05) is 43.3 Å². The summed E-state index contributed by atoms with van der Waals surface area (Å²) in [5.74, 6) is -0.269. The van der Waals surface area contributed by atoms with Gasteiger partial charge in [0.1, 0.15) is 0 Å². The third kappa shape index (κ3) is 5.22. The molecule has 6 nitrogen and oxygen atoms in total. The van der Waals surface area contributed by atoms with Crippen LogP contribution in [0.4, 0.5) is 5.69 Å². The van der Waals surface area contributed by atoms with Gasteiger partial charge in [-0.1, -0.05) is 43.2 Å². The lowest BCUT2D eigenvalue weighted by atomic mass is 10.0. The first-order valence-electron chi connectivity index (χ1n) is 12.2. The van der Waals surface area contributed by atoms with Gasteiger partial charge in [0.05, 0.1) is 22.5 Å². The number of amides is 1. The molecule has 1 amide bonds. The van der Waals surface area contributed by atoms with Crippen LogP contribution in [0.15, 0.2) is 84.2 Å². The van der Waals surface area contributed by atoms with Crippen molar-refractivity contribution in [1.29, 1.82) is 0 Å². The van der Waals surface area contributed by atoms with Crippen LogP contribution in [0.5, 0.6) is 0 Å². The number of hydrazone groups is 1. The van der Waals surface area contributed by atoms with Crippen LogP contribution in [-0.2, 0) is 0 Å². The molecule has 2 aromatic heterocycles. The van der Waals surface area contributed by atoms with Gasteiger partial charge in [0, 0.05) is 42.1 Å². The molecule has 4 aromatic rings. The van der Waals surface area contributed by atoms with Crippen molar-refractivity contribution in [1.82, 2.24) is 15.4 Å². The number of carbonyl (C=O) groups is 1. The maximum Gasteiger partial charge on any atom is 0.272 e. The van der Waals surface area contributed by atoms with E-state index in [4.69, 9.17) is 4.98 Å². The van der Waals surface area contributed by atoms with Gasteiger partial charge >= 0.3 is 0 Å². The molecule has 176 valence electrons. The molecule has 1 saturated heterocycles. The fourth-order valence-corrected chi connectivity index (χ4v) is 4.53. The standard InChI is InChI=1S/C29H29N5O/c1-21(22-12-14-24(15-13-22)34-17-6-2-3-7-18-34)32-33-29(35)26-19-28(23-9-8-16-30-20-23)31-27-11-5-4-10-25(26)27/h4-5,8-16,19-20H,2-3,6-7,17-18H2,1H3,(H,33,35). The van der Waals surface area contributed by atoms with Gasteiger partial charge in [0.2, 0.25) is 0 Å². The van der Waals surface area contributed by atoms with Crippen molar-refractivity contribution in [3.05, 3.63) is 90.3 Å². The molecule has 1 N–H and O–H groups in total. The van der Waals surface area contributed by atoms with Gasteiger partial charge < -0.3 is 4.90 Å². The second-order valence-electron chi connectivity index (χ2n) is 8.90. The predicted molar refractivity (Wildman–Crippen MR) is 142 cm³/mol. The monoisotopic (exact) mass is 463 g/mol. The van der Waals surface area contributed by atoms with Crippen LogP contribution in [-0.4, -0.2) is 34.7 Å². The molecule has 0 spiro atoms. The van der Waals surface area contributed by atoms with Crippen LogP contribution in [0.25, 0.3) is 22.2 Å². The second kappa shape index (κ2) is 10.5. The summed E-state index contributed by atoms with van der Waals surface area (Å²) in [6.07, 6.45) is 8.60. The minimum Gasteiger partial charge on any atom is -0.372 e. The number of para-hydroxylation sites is 1. The minimum absolute atomic E-state index is 0.269. The molecule has 1 fully saturated rings. The van der Waals surface area contributed by atoms with E-state index in [0.717, 1.165) is 40.8 Å². The molecule has 0 aliphatic carbocycles. The molecule has 0 unspecified atom stereocenters. The summed E-state index contributed by atoms with van der Waals surface area (Å²) >= 11 is 0. The van der Waals surface area contributed by atoms with Gasteiger partial charge in [-0.25, -0.2) is 10.4 Å². The predicted octanol–water partition coefficient (Wildman–Crippen LogP) is 5.83. The van der Waals surface area contributed by atoms with Gasteiger partial charge in [-0.15, -0.1) is 0 Å². The van der Waals surface area contributed by atoms with Crippen molar-refractivity contribution in [3.8, 4) is 11.3 Å². The molecule has 6 heteroatoms. The fraction of sp³-hybridized carbons (Fsp3) is 0.241. The maximum absolute atomic E-state index is 13.2. The summed E-state index contributed by atoms with van der Waals surface area (Å²) in [5, 5.41) is 5.19. The Bertz CT molecular complexity index is 1340. The summed E-state index contributed by atoms with van der Waals surface area (Å²) < 4.78 is 0. The number of nitrogens with zero attached hydrogens (tertiary/aromatic N) is 4. The van der Waals surface area contributed by atoms with Crippen molar-refractivity contribution in [2.45, 2.75) is 32.6 Å². The zero-order valence-electron chi connectivity index (χ0n) is 19.9. The van der Waals surface area contributed by atoms with E-state index < -0.39 is 0 Å². The normalized spacial score (nSPS) is 14.5. The third-order valence-corrected chi connectivity index (χ3v) is 6.50. The average Bonchev–Trinajstić information content (AvgIpc) is 3.21. The smallest absolute Gasteiger partial charge is 0.272 e. The quantitative estimate of drug-likeness (QED) is 0.299. The topological polar surface area (TPSA) is 70.5 Å². The molecule has 0 bridgehead atoms. The Hall–Kier alpha value is -4.06. The first-order chi connectivity index (χ1) is 17.2. The summed E-state index contributed by atoms with van der Waals surface area (Å²) in [5.41, 5.74) is 8.58. The van der Waals surface area contributed by atoms with Crippen LogP contribution in [0, 0.1) is 0 Å². The van der Waals surface area contributed by atoms with Crippen molar-refractivity contribution >= 4 is 28.2 Å². The number of carbonyl (C=O) groups excluding carboxylic acids is 1. The number of hydrogen-bond acceptors (Lipinski definition) is 5. The summed E-state index contributed by atoms with van der Waals surface area (Å²) in [7, 11) is 0. The van der Waals surface area contributed by atoms with Crippen molar-refractivity contribution in [2.24, 2.45) is 5.10 Å². The lowest BCUT2D eigenvalue weighted by Crippen LogP contribution is -2.23. The van der Waals surface area contributed by atoms with Gasteiger partial charge in [0.25, 0.3) is 5.91 Å². The Morgan fingerprint density at radius 3 is 2.46 bits per heavy atom. The summed E-state index contributed by atoms with van der Waals surface area (Å²) in [4.78, 5) is 24.6. The van der Waals surface area contributed by atoms with E-state index in [1.165, 1.54) is 31.4 Å². The molecule has 2 aromatic carbocycles. The molecule has 0 atom stereocenters. The summed E-state index contributed by atoms with van der Waals surface area (Å²) in [6.45, 7) is 4.14. The highest BCUT2D eigenvalue weighted by atomic mass is 16.2. The average molecular weight is 464 g/mol. The Morgan fingerprint density at radius 1 is 0.943 bits per heavy atom. The SMILES string of the molecule is CC(=NNC(=O)c1cc(-c2cccnc2)nc2ccccc12)c1ccc(N2CCCCCC2)cc1. The maximum atomic E-state index is 13.2. The van der Waals surface area contributed by atoms with E-state index in [2.05, 4.69) is 44.7 Å². The highest BCUT2D eigenvalue weighted by Gasteiger charge is 2.14. The van der Waals surface area contributed by atoms with Gasteiger partial charge in [-0.3, -0.25) is 9.78 Å². The Kier molecular flexibility index (Phi) is 6.80. The third-order valence-electron chi connectivity index (χ3n) is 6.50. The zero-order valence-corrected chi connectivity index (χ0v) is 19.9. The largest absolute Gasteiger partial charge is 0.372 e. The van der Waals surface area contributed by atoms with Crippen molar-refractivity contribution in [3.63, 3.8) is 0 Å². The highest BCUT2D eigenvalue weighted by molar-refractivity contribution is 6.08. The van der Waals surface area contributed by atoms with Crippen LogP contribution < -0.4 is 10.3 Å². The lowest BCUT2D eigenvalue weighted by molar-refractivity contribution is 0.0956. The van der Waals surface area contributed by atoms with Crippen LogP contribution in [0.3, 0.4) is 0 Å². The highest BCUT2D eigenvalue weighted by Crippen LogP contribution is 2.25. The number of anilines is 1. The second-order valence-corrected chi connectivity index (χ2v) is 8.90. The lowest BCUT2D eigenvalue weighted by Gasteiger charge is -2.22. The van der Waals surface area contributed by atoms with E-state index in [0.29, 0.717) is 11.3 Å². The molecular formula is C29H29N5O. The molecule has 1 aliphatic rings. The Balaban J connectivity index is 1.36. The zero-order chi connectivity index (χ0) is 24.0. The van der Waals surface area contributed by atoms with E-state index >= 15 is 0 Å². The fourth-order valence-electron chi connectivity index (χ4n) is 4.53. The minimum atomic E-state index is -0.269. The Morgan fingerprint density at radius 2 is 1.71 bits per heavy atom. The van der Waals surface area contributed by atoms with E-state index in [1.54, 1.807) is 18.5 Å². The molecule has 5 rings (SSSR count). The van der Waals surface area contributed by atoms with Gasteiger partial charge in [-0.05, 0) is 61.7 Å². The van der Waals surface area contributed by atoms with Crippen molar-refractivity contribution < 1.29 is 4.79 Å². The Labute approximate surface area is 205 Å².